The summed E-state index contributed by atoms with van der Waals surface area (Å²) in [5, 5.41) is 0. The van der Waals surface area contributed by atoms with Crippen LogP contribution in [0.15, 0.2) is 182 Å². The van der Waals surface area contributed by atoms with Crippen LogP contribution in [0.1, 0.15) is 239 Å². The van der Waals surface area contributed by atoms with Crippen molar-refractivity contribution in [3.8, 4) is 0 Å². The van der Waals surface area contributed by atoms with Gasteiger partial charge in [-0.05, 0) is 141 Å². The number of esters is 3. The Morgan fingerprint density at radius 2 is 0.532 bits per heavy atom. The van der Waals surface area contributed by atoms with Crippen LogP contribution in [0.25, 0.3) is 0 Å². The minimum Gasteiger partial charge on any atom is -0.462 e. The van der Waals surface area contributed by atoms with Gasteiger partial charge in [-0.15, -0.1) is 0 Å². The molecule has 0 aromatic heterocycles. The standard InChI is InChI=1S/C73H112O6/c1-4-7-10-13-16-19-22-25-27-28-29-30-31-32-33-34-35-36-37-38-39-40-41-42-43-44-46-48-51-54-57-60-63-66-72(75)78-69-70(68-77-71(74)65-62-59-56-53-50-47-24-21-18-15-12-9-6-3)79-73(76)67-64-61-58-55-52-49-45-26-23-20-17-14-11-8-5-2/h7-8,10-11,16-17,19-21,24-27,29-30,32-33,35-36,38-39,41-42,44-46,52,55,61,64,70H,4-6,9,12-15,18,22-23,28,31,34,37,40,43,47-51,53-54,56-60,62-63,65-69H2,1-3H3/b10-7-,11-8-,19-16-,20-17-,24-21-,27-25-,30-29-,33-32-,36-35-,39-38-,42-41-,45-26-,46-44-,55-52-,64-61-. The highest BCUT2D eigenvalue weighted by atomic mass is 16.6. The van der Waals surface area contributed by atoms with Crippen molar-refractivity contribution in [3.05, 3.63) is 182 Å². The SMILES string of the molecule is CC/C=C\C/C=C\C/C=C\C/C=C\C/C=C\C/C=C\C/C=C\C/C=C\C/C=C\CCCCCCCC(=O)OCC(COC(=O)CCCCCCC/C=C\CCCCCC)OC(=O)C/C=C\C/C=C\C/C=C\C/C=C\C/C=C\CC. The molecule has 0 aliphatic heterocycles. The fourth-order valence-electron chi connectivity index (χ4n) is 7.80. The van der Waals surface area contributed by atoms with Crippen LogP contribution < -0.4 is 0 Å². The van der Waals surface area contributed by atoms with Crippen LogP contribution in [-0.2, 0) is 28.6 Å². The average Bonchev–Trinajstić information content (AvgIpc) is 3.45. The van der Waals surface area contributed by atoms with Gasteiger partial charge in [0.1, 0.15) is 13.2 Å². The summed E-state index contributed by atoms with van der Waals surface area (Å²) in [6.45, 7) is 6.27. The van der Waals surface area contributed by atoms with Gasteiger partial charge in [-0.1, -0.05) is 261 Å². The lowest BCUT2D eigenvalue weighted by Gasteiger charge is -2.18. The zero-order valence-corrected chi connectivity index (χ0v) is 50.3. The van der Waals surface area contributed by atoms with Gasteiger partial charge in [0.15, 0.2) is 6.10 Å². The summed E-state index contributed by atoms with van der Waals surface area (Å²) in [4.78, 5) is 38.1. The van der Waals surface area contributed by atoms with E-state index in [0.29, 0.717) is 19.3 Å². The second-order valence-corrected chi connectivity index (χ2v) is 19.9. The molecule has 0 amide bonds. The second-order valence-electron chi connectivity index (χ2n) is 19.9. The van der Waals surface area contributed by atoms with E-state index >= 15 is 0 Å². The van der Waals surface area contributed by atoms with E-state index < -0.39 is 12.1 Å². The monoisotopic (exact) mass is 1080 g/mol. The molecule has 0 heterocycles. The summed E-state index contributed by atoms with van der Waals surface area (Å²) < 4.78 is 16.7. The summed E-state index contributed by atoms with van der Waals surface area (Å²) in [5.74, 6) is -1.10. The maximum atomic E-state index is 12.8. The Kier molecular flexibility index (Phi) is 60.5. The molecule has 0 aromatic rings. The van der Waals surface area contributed by atoms with Crippen molar-refractivity contribution in [1.82, 2.24) is 0 Å². The fourth-order valence-corrected chi connectivity index (χ4v) is 7.80. The molecule has 440 valence electrons. The van der Waals surface area contributed by atoms with Crippen molar-refractivity contribution in [3.63, 3.8) is 0 Å². The largest absolute Gasteiger partial charge is 0.462 e. The molecule has 0 N–H and O–H groups in total. The van der Waals surface area contributed by atoms with E-state index in [9.17, 15) is 14.4 Å². The Labute approximate surface area is 484 Å². The quantitative estimate of drug-likeness (QED) is 0.0261. The van der Waals surface area contributed by atoms with E-state index in [1.165, 1.54) is 38.5 Å². The Morgan fingerprint density at radius 3 is 0.848 bits per heavy atom. The van der Waals surface area contributed by atoms with Crippen LogP contribution in [0.3, 0.4) is 0 Å². The van der Waals surface area contributed by atoms with Crippen molar-refractivity contribution in [2.45, 2.75) is 245 Å². The van der Waals surface area contributed by atoms with E-state index in [1.807, 2.05) is 6.08 Å². The number of rotatable bonds is 54. The number of unbranched alkanes of at least 4 members (excludes halogenated alkanes) is 14. The van der Waals surface area contributed by atoms with Gasteiger partial charge in [0.25, 0.3) is 0 Å². The molecule has 0 bridgehead atoms. The van der Waals surface area contributed by atoms with Crippen LogP contribution in [-0.4, -0.2) is 37.2 Å². The molecular weight excluding hydrogens is 973 g/mol. The van der Waals surface area contributed by atoms with Crippen LogP contribution >= 0.6 is 0 Å². The van der Waals surface area contributed by atoms with Crippen molar-refractivity contribution >= 4 is 17.9 Å². The van der Waals surface area contributed by atoms with Crippen molar-refractivity contribution in [2.75, 3.05) is 13.2 Å². The highest BCUT2D eigenvalue weighted by molar-refractivity contribution is 5.72. The Balaban J connectivity index is 4.41. The van der Waals surface area contributed by atoms with Gasteiger partial charge in [0.05, 0.1) is 6.42 Å². The molecular formula is C73H112O6. The first-order chi connectivity index (χ1) is 39.0. The maximum absolute atomic E-state index is 12.8. The molecule has 1 atom stereocenters. The molecule has 79 heavy (non-hydrogen) atoms. The molecule has 6 nitrogen and oxygen atoms in total. The number of hydrogen-bond donors (Lipinski definition) is 0. The van der Waals surface area contributed by atoms with Gasteiger partial charge < -0.3 is 14.2 Å². The third-order valence-corrected chi connectivity index (χ3v) is 12.4. The molecule has 0 radical (unpaired) electrons. The van der Waals surface area contributed by atoms with E-state index in [2.05, 4.69) is 191 Å². The minimum absolute atomic E-state index is 0.0820. The third-order valence-electron chi connectivity index (χ3n) is 12.4. The molecule has 0 aromatic carbocycles. The number of hydrogen-bond acceptors (Lipinski definition) is 6. The highest BCUT2D eigenvalue weighted by Crippen LogP contribution is 2.12. The predicted octanol–water partition coefficient (Wildman–Crippen LogP) is 21.7. The summed E-state index contributed by atoms with van der Waals surface area (Å²) in [6.07, 6.45) is 97.8. The molecule has 0 fully saturated rings. The zero-order chi connectivity index (χ0) is 57.1. The van der Waals surface area contributed by atoms with Crippen LogP contribution in [0.4, 0.5) is 0 Å². The Bertz CT molecular complexity index is 1870. The summed E-state index contributed by atoms with van der Waals surface area (Å²) >= 11 is 0. The second kappa shape index (κ2) is 65.0. The minimum atomic E-state index is -0.854. The Morgan fingerprint density at radius 1 is 0.278 bits per heavy atom. The van der Waals surface area contributed by atoms with Gasteiger partial charge in [0, 0.05) is 12.8 Å². The maximum Gasteiger partial charge on any atom is 0.310 e. The van der Waals surface area contributed by atoms with Gasteiger partial charge in [-0.2, -0.15) is 0 Å². The normalized spacial score (nSPS) is 13.4. The predicted molar refractivity (Wildman–Crippen MR) is 343 cm³/mol. The summed E-state index contributed by atoms with van der Waals surface area (Å²) in [6, 6.07) is 0. The Hall–Kier alpha value is -5.49. The number of carbonyl (C=O) groups is 3. The molecule has 6 heteroatoms. The number of carbonyl (C=O) groups excluding carboxylic acids is 3. The zero-order valence-electron chi connectivity index (χ0n) is 50.3. The van der Waals surface area contributed by atoms with E-state index in [0.717, 1.165) is 154 Å². The molecule has 0 aliphatic rings. The highest BCUT2D eigenvalue weighted by Gasteiger charge is 2.19. The summed E-state index contributed by atoms with van der Waals surface area (Å²) in [7, 11) is 0. The number of allylic oxidation sites excluding steroid dienone is 29. The molecule has 1 unspecified atom stereocenters. The molecule has 0 rings (SSSR count). The molecule has 0 spiro atoms. The van der Waals surface area contributed by atoms with E-state index in [4.69, 9.17) is 14.2 Å². The molecule has 0 saturated heterocycles. The van der Waals surface area contributed by atoms with E-state index in [-0.39, 0.29) is 31.6 Å². The average molecular weight is 1090 g/mol. The van der Waals surface area contributed by atoms with Gasteiger partial charge in [-0.3, -0.25) is 14.4 Å². The van der Waals surface area contributed by atoms with Crippen molar-refractivity contribution in [1.29, 1.82) is 0 Å². The topological polar surface area (TPSA) is 78.9 Å². The van der Waals surface area contributed by atoms with Crippen LogP contribution in [0, 0.1) is 0 Å². The van der Waals surface area contributed by atoms with Gasteiger partial charge >= 0.3 is 17.9 Å². The fraction of sp³-hybridized carbons (Fsp3) is 0.548. The third kappa shape index (κ3) is 63.2. The number of ether oxygens (including phenoxy) is 3. The first-order valence-electron chi connectivity index (χ1n) is 31.3. The van der Waals surface area contributed by atoms with Gasteiger partial charge in [0.2, 0.25) is 0 Å². The van der Waals surface area contributed by atoms with Crippen LogP contribution in [0.5, 0.6) is 0 Å². The van der Waals surface area contributed by atoms with Crippen molar-refractivity contribution in [2.24, 2.45) is 0 Å². The van der Waals surface area contributed by atoms with Crippen molar-refractivity contribution < 1.29 is 28.6 Å². The molecule has 0 saturated carbocycles. The lowest BCUT2D eigenvalue weighted by Crippen LogP contribution is -2.30. The molecule has 0 aliphatic carbocycles. The van der Waals surface area contributed by atoms with Gasteiger partial charge in [-0.25, -0.2) is 0 Å². The smallest absolute Gasteiger partial charge is 0.310 e. The summed E-state index contributed by atoms with van der Waals surface area (Å²) in [5.41, 5.74) is 0. The van der Waals surface area contributed by atoms with Crippen LogP contribution in [0.2, 0.25) is 0 Å². The first kappa shape index (κ1) is 73.5. The van der Waals surface area contributed by atoms with E-state index in [1.54, 1.807) is 6.08 Å². The lowest BCUT2D eigenvalue weighted by molar-refractivity contribution is -0.166. The lowest BCUT2D eigenvalue weighted by atomic mass is 10.1. The first-order valence-corrected chi connectivity index (χ1v) is 31.3.